The van der Waals surface area contributed by atoms with Gasteiger partial charge in [0.25, 0.3) is 0 Å². The zero-order valence-electron chi connectivity index (χ0n) is 14.9. The summed E-state index contributed by atoms with van der Waals surface area (Å²) < 4.78 is 37.0. The van der Waals surface area contributed by atoms with Crippen LogP contribution in [0, 0.1) is 5.92 Å². The average molecular weight is 492 g/mol. The van der Waals surface area contributed by atoms with Crippen LogP contribution in [0.15, 0.2) is 4.99 Å². The van der Waals surface area contributed by atoms with Crippen LogP contribution in [-0.2, 0) is 4.79 Å². The third-order valence-electron chi connectivity index (χ3n) is 4.86. The van der Waals surface area contributed by atoms with E-state index in [0.29, 0.717) is 13.1 Å². The number of halogens is 4. The zero-order chi connectivity index (χ0) is 18.4. The van der Waals surface area contributed by atoms with Crippen molar-refractivity contribution in [2.75, 3.05) is 26.7 Å². The molecule has 0 aromatic heterocycles. The molecule has 1 aliphatic carbocycles. The Morgan fingerprint density at radius 3 is 2.50 bits per heavy atom. The maximum atomic E-state index is 12.5. The highest BCUT2D eigenvalue weighted by molar-refractivity contribution is 14.0. The smallest absolute Gasteiger partial charge is 0.382 e. The van der Waals surface area contributed by atoms with Crippen LogP contribution in [-0.4, -0.2) is 66.9 Å². The summed E-state index contributed by atoms with van der Waals surface area (Å²) in [6, 6.07) is -0.0539. The monoisotopic (exact) mass is 492 g/mol. The Balaban J connectivity index is 0.00000338. The summed E-state index contributed by atoms with van der Waals surface area (Å²) in [6.45, 7) is 0.508. The second kappa shape index (κ2) is 10.5. The third-order valence-corrected chi connectivity index (χ3v) is 4.86. The number of alkyl halides is 3. The van der Waals surface area contributed by atoms with Gasteiger partial charge >= 0.3 is 6.18 Å². The zero-order valence-corrected chi connectivity index (χ0v) is 17.2. The van der Waals surface area contributed by atoms with Gasteiger partial charge in [-0.2, -0.15) is 13.2 Å². The number of nitrogens with one attached hydrogen (secondary N) is 2. The maximum absolute atomic E-state index is 12.5. The van der Waals surface area contributed by atoms with Gasteiger partial charge in [0.2, 0.25) is 5.91 Å². The maximum Gasteiger partial charge on any atom is 0.416 e. The Hall–Kier alpha value is -0.780. The predicted molar refractivity (Wildman–Crippen MR) is 104 cm³/mol. The van der Waals surface area contributed by atoms with Crippen LogP contribution in [0.1, 0.15) is 38.5 Å². The highest BCUT2D eigenvalue weighted by atomic mass is 127. The largest absolute Gasteiger partial charge is 0.416 e. The lowest BCUT2D eigenvalue weighted by Gasteiger charge is -2.26. The Bertz CT molecular complexity index is 485. The Labute approximate surface area is 169 Å². The first-order valence-electron chi connectivity index (χ1n) is 8.82. The fourth-order valence-corrected chi connectivity index (χ4v) is 3.38. The molecule has 0 aromatic carbocycles. The molecule has 1 saturated carbocycles. The van der Waals surface area contributed by atoms with E-state index in [1.807, 2.05) is 4.90 Å². The first-order chi connectivity index (χ1) is 11.8. The van der Waals surface area contributed by atoms with Crippen LogP contribution < -0.4 is 10.6 Å². The number of guanidine groups is 1. The number of aliphatic hydroxyl groups is 1. The van der Waals surface area contributed by atoms with Gasteiger partial charge in [0.15, 0.2) is 12.1 Å². The molecule has 0 spiro atoms. The molecule has 1 amide bonds. The number of amides is 1. The van der Waals surface area contributed by atoms with Gasteiger partial charge < -0.3 is 20.6 Å². The summed E-state index contributed by atoms with van der Waals surface area (Å²) in [4.78, 5) is 18.2. The van der Waals surface area contributed by atoms with E-state index in [-0.39, 0.29) is 47.8 Å². The second-order valence-electron chi connectivity index (χ2n) is 6.76. The molecule has 0 aromatic rings. The fourth-order valence-electron chi connectivity index (χ4n) is 3.38. The first kappa shape index (κ1) is 23.3. The molecular weight excluding hydrogens is 464 g/mol. The lowest BCUT2D eigenvalue weighted by molar-refractivity contribution is -0.201. The van der Waals surface area contributed by atoms with Crippen LogP contribution >= 0.6 is 24.0 Å². The summed E-state index contributed by atoms with van der Waals surface area (Å²) in [5.41, 5.74) is 0. The molecule has 2 rings (SSSR count). The number of carbonyl (C=O) groups excluding carboxylic acids is 1. The van der Waals surface area contributed by atoms with Crippen LogP contribution in [0.2, 0.25) is 0 Å². The summed E-state index contributed by atoms with van der Waals surface area (Å²) >= 11 is 0. The minimum atomic E-state index is -4.66. The molecule has 3 N–H and O–H groups in total. The standard InChI is InChI=1S/C16H27F3N4O2.HI/c1-20-15(21-9-13(24)16(17,18)19)22-12-7-8-23(10-12)14(25)11-5-3-2-4-6-11;/h11-13,24H,2-10H2,1H3,(H2,20,21,22);1H. The molecular formula is C16H28F3IN4O2. The minimum absolute atomic E-state index is 0. The number of nitrogens with zero attached hydrogens (tertiary/aromatic N) is 2. The number of rotatable bonds is 4. The number of hydrogen-bond donors (Lipinski definition) is 3. The van der Waals surface area contributed by atoms with Crippen LogP contribution in [0.25, 0.3) is 0 Å². The van der Waals surface area contributed by atoms with E-state index in [2.05, 4.69) is 15.6 Å². The van der Waals surface area contributed by atoms with Crippen LogP contribution in [0.5, 0.6) is 0 Å². The van der Waals surface area contributed by atoms with Crippen molar-refractivity contribution in [2.45, 2.75) is 56.8 Å². The van der Waals surface area contributed by atoms with E-state index in [9.17, 15) is 18.0 Å². The number of likely N-dealkylation sites (tertiary alicyclic amines) is 1. The van der Waals surface area contributed by atoms with Gasteiger partial charge in [-0.25, -0.2) is 0 Å². The Morgan fingerprint density at radius 1 is 1.27 bits per heavy atom. The summed E-state index contributed by atoms with van der Waals surface area (Å²) in [5, 5.41) is 14.5. The van der Waals surface area contributed by atoms with Crippen LogP contribution in [0.4, 0.5) is 13.2 Å². The second-order valence-corrected chi connectivity index (χ2v) is 6.76. The minimum Gasteiger partial charge on any atom is -0.382 e. The quantitative estimate of drug-likeness (QED) is 0.318. The van der Waals surface area contributed by atoms with Crippen LogP contribution in [0.3, 0.4) is 0 Å². The molecule has 10 heteroatoms. The molecule has 152 valence electrons. The molecule has 1 aliphatic heterocycles. The lowest BCUT2D eigenvalue weighted by Crippen LogP contribution is -2.49. The van der Waals surface area contributed by atoms with E-state index < -0.39 is 18.8 Å². The normalized spacial score (nSPS) is 23.3. The molecule has 0 radical (unpaired) electrons. The first-order valence-corrected chi connectivity index (χ1v) is 8.82. The van der Waals surface area contributed by atoms with E-state index >= 15 is 0 Å². The Kier molecular flexibility index (Phi) is 9.42. The molecule has 0 bridgehead atoms. The third kappa shape index (κ3) is 6.75. The molecule has 2 fully saturated rings. The fraction of sp³-hybridized carbons (Fsp3) is 0.875. The van der Waals surface area contributed by atoms with Gasteiger partial charge in [0, 0.05) is 32.1 Å². The number of aliphatic imine (C=N–C) groups is 1. The number of carbonyl (C=O) groups is 1. The van der Waals surface area contributed by atoms with Gasteiger partial charge in [-0.15, -0.1) is 24.0 Å². The van der Waals surface area contributed by atoms with Crippen molar-refractivity contribution < 1.29 is 23.1 Å². The van der Waals surface area contributed by atoms with E-state index in [1.165, 1.54) is 13.5 Å². The topological polar surface area (TPSA) is 77.0 Å². The van der Waals surface area contributed by atoms with Crippen molar-refractivity contribution in [3.63, 3.8) is 0 Å². The molecule has 26 heavy (non-hydrogen) atoms. The highest BCUT2D eigenvalue weighted by Gasteiger charge is 2.38. The summed E-state index contributed by atoms with van der Waals surface area (Å²) in [7, 11) is 1.45. The van der Waals surface area contributed by atoms with Crippen molar-refractivity contribution in [3.05, 3.63) is 0 Å². The van der Waals surface area contributed by atoms with E-state index in [0.717, 1.165) is 32.1 Å². The SMILES string of the molecule is CN=C(NCC(O)C(F)(F)F)NC1CCN(C(=O)C2CCCCC2)C1.I. The van der Waals surface area contributed by atoms with Crippen molar-refractivity contribution in [1.29, 1.82) is 0 Å². The Morgan fingerprint density at radius 2 is 1.92 bits per heavy atom. The van der Waals surface area contributed by atoms with Crippen molar-refractivity contribution in [1.82, 2.24) is 15.5 Å². The summed E-state index contributed by atoms with van der Waals surface area (Å²) in [6.07, 6.45) is -1.09. The number of hydrogen-bond acceptors (Lipinski definition) is 3. The van der Waals surface area contributed by atoms with E-state index in [4.69, 9.17) is 5.11 Å². The summed E-state index contributed by atoms with van der Waals surface area (Å²) in [5.74, 6) is 0.506. The predicted octanol–water partition coefficient (Wildman–Crippen LogP) is 1.87. The van der Waals surface area contributed by atoms with Crippen molar-refractivity contribution >= 4 is 35.8 Å². The molecule has 1 saturated heterocycles. The lowest BCUT2D eigenvalue weighted by atomic mass is 9.88. The molecule has 1 heterocycles. The van der Waals surface area contributed by atoms with Crippen molar-refractivity contribution in [2.24, 2.45) is 10.9 Å². The van der Waals surface area contributed by atoms with Gasteiger partial charge in [0.1, 0.15) is 0 Å². The van der Waals surface area contributed by atoms with Crippen molar-refractivity contribution in [3.8, 4) is 0 Å². The van der Waals surface area contributed by atoms with Gasteiger partial charge in [-0.05, 0) is 19.3 Å². The molecule has 2 unspecified atom stereocenters. The van der Waals surface area contributed by atoms with Gasteiger partial charge in [0.05, 0.1) is 6.54 Å². The molecule has 2 aliphatic rings. The number of aliphatic hydroxyl groups excluding tert-OH is 1. The highest BCUT2D eigenvalue weighted by Crippen LogP contribution is 2.26. The average Bonchev–Trinajstić information content (AvgIpc) is 3.06. The van der Waals surface area contributed by atoms with Gasteiger partial charge in [-0.3, -0.25) is 9.79 Å². The van der Waals surface area contributed by atoms with E-state index in [1.54, 1.807) is 0 Å². The molecule has 6 nitrogen and oxygen atoms in total. The molecule has 2 atom stereocenters. The van der Waals surface area contributed by atoms with Gasteiger partial charge in [-0.1, -0.05) is 19.3 Å².